The summed E-state index contributed by atoms with van der Waals surface area (Å²) < 4.78 is 10.7. The summed E-state index contributed by atoms with van der Waals surface area (Å²) in [6.45, 7) is 6.92. The predicted octanol–water partition coefficient (Wildman–Crippen LogP) is 1.16. The zero-order valence-corrected chi connectivity index (χ0v) is 11.3. The zero-order valence-electron chi connectivity index (χ0n) is 11.3. The van der Waals surface area contributed by atoms with Crippen LogP contribution in [0.3, 0.4) is 0 Å². The Hall–Kier alpha value is -0.160. The Balaban J connectivity index is 1.90. The standard InChI is InChI=1S/C13H28N2O2/c1-12(11-14-8-10-16-2)15-7-6-13-5-3-4-9-17-13/h12-15H,3-11H2,1-2H3. The van der Waals surface area contributed by atoms with Crippen LogP contribution in [0.1, 0.15) is 32.6 Å². The van der Waals surface area contributed by atoms with E-state index in [1.807, 2.05) is 0 Å². The minimum absolute atomic E-state index is 0.491. The molecular formula is C13H28N2O2. The van der Waals surface area contributed by atoms with Crippen molar-refractivity contribution < 1.29 is 9.47 Å². The van der Waals surface area contributed by atoms with E-state index in [1.165, 1.54) is 19.3 Å². The highest BCUT2D eigenvalue weighted by Gasteiger charge is 2.13. The molecule has 4 heteroatoms. The fourth-order valence-corrected chi connectivity index (χ4v) is 2.09. The summed E-state index contributed by atoms with van der Waals surface area (Å²) in [6.07, 6.45) is 5.44. The van der Waals surface area contributed by atoms with Crippen molar-refractivity contribution in [2.24, 2.45) is 0 Å². The minimum Gasteiger partial charge on any atom is -0.383 e. The first-order chi connectivity index (χ1) is 8.33. The van der Waals surface area contributed by atoms with E-state index in [0.717, 1.165) is 39.3 Å². The molecule has 17 heavy (non-hydrogen) atoms. The van der Waals surface area contributed by atoms with Crippen molar-refractivity contribution in [1.82, 2.24) is 10.6 Å². The van der Waals surface area contributed by atoms with Crippen LogP contribution in [-0.2, 0) is 9.47 Å². The molecule has 0 aromatic heterocycles. The number of methoxy groups -OCH3 is 1. The van der Waals surface area contributed by atoms with Crippen molar-refractivity contribution in [1.29, 1.82) is 0 Å². The van der Waals surface area contributed by atoms with Crippen molar-refractivity contribution >= 4 is 0 Å². The van der Waals surface area contributed by atoms with Crippen LogP contribution in [-0.4, -0.2) is 52.1 Å². The third kappa shape index (κ3) is 7.71. The summed E-state index contributed by atoms with van der Waals surface area (Å²) in [6, 6.07) is 0.510. The van der Waals surface area contributed by atoms with Gasteiger partial charge in [-0.05, 0) is 39.2 Å². The summed E-state index contributed by atoms with van der Waals surface area (Å²) in [4.78, 5) is 0. The average Bonchev–Trinajstić information content (AvgIpc) is 2.36. The molecule has 1 fully saturated rings. The molecule has 1 rings (SSSR count). The number of nitrogens with one attached hydrogen (secondary N) is 2. The first-order valence-electron chi connectivity index (χ1n) is 6.87. The fraction of sp³-hybridized carbons (Fsp3) is 1.00. The van der Waals surface area contributed by atoms with Gasteiger partial charge in [-0.15, -0.1) is 0 Å². The Kier molecular flexibility index (Phi) is 8.61. The van der Waals surface area contributed by atoms with E-state index in [0.29, 0.717) is 12.1 Å². The Bertz CT molecular complexity index is 173. The second-order valence-electron chi connectivity index (χ2n) is 4.83. The van der Waals surface area contributed by atoms with Gasteiger partial charge in [-0.25, -0.2) is 0 Å². The van der Waals surface area contributed by atoms with Gasteiger partial charge < -0.3 is 20.1 Å². The quantitative estimate of drug-likeness (QED) is 0.597. The smallest absolute Gasteiger partial charge is 0.0587 e. The topological polar surface area (TPSA) is 42.5 Å². The molecule has 1 aliphatic heterocycles. The van der Waals surface area contributed by atoms with Gasteiger partial charge in [0.15, 0.2) is 0 Å². The summed E-state index contributed by atoms with van der Waals surface area (Å²) >= 11 is 0. The van der Waals surface area contributed by atoms with Gasteiger partial charge in [0.05, 0.1) is 12.7 Å². The Morgan fingerprint density at radius 3 is 2.94 bits per heavy atom. The first-order valence-corrected chi connectivity index (χ1v) is 6.87. The summed E-state index contributed by atoms with van der Waals surface area (Å²) in [5, 5.41) is 6.88. The van der Waals surface area contributed by atoms with Crippen LogP contribution in [0.25, 0.3) is 0 Å². The van der Waals surface area contributed by atoms with Crippen LogP contribution in [0.4, 0.5) is 0 Å². The maximum Gasteiger partial charge on any atom is 0.0587 e. The van der Waals surface area contributed by atoms with Crippen LogP contribution >= 0.6 is 0 Å². The molecule has 0 spiro atoms. The van der Waals surface area contributed by atoms with Crippen molar-refractivity contribution in [2.75, 3.05) is 40.0 Å². The lowest BCUT2D eigenvalue weighted by atomic mass is 10.1. The average molecular weight is 244 g/mol. The molecule has 0 aromatic carbocycles. The third-order valence-electron chi connectivity index (χ3n) is 3.17. The van der Waals surface area contributed by atoms with E-state index >= 15 is 0 Å². The summed E-state index contributed by atoms with van der Waals surface area (Å²) in [7, 11) is 1.73. The largest absolute Gasteiger partial charge is 0.383 e. The maximum absolute atomic E-state index is 5.70. The lowest BCUT2D eigenvalue weighted by molar-refractivity contribution is 0.0113. The predicted molar refractivity (Wildman–Crippen MR) is 70.4 cm³/mol. The molecule has 2 unspecified atom stereocenters. The SMILES string of the molecule is COCCNCC(C)NCCC1CCCCO1. The van der Waals surface area contributed by atoms with Crippen LogP contribution in [0.2, 0.25) is 0 Å². The highest BCUT2D eigenvalue weighted by molar-refractivity contribution is 4.68. The molecule has 2 atom stereocenters. The van der Waals surface area contributed by atoms with Crippen molar-refractivity contribution in [3.05, 3.63) is 0 Å². The van der Waals surface area contributed by atoms with E-state index in [2.05, 4.69) is 17.6 Å². The van der Waals surface area contributed by atoms with Crippen LogP contribution in [0.5, 0.6) is 0 Å². The van der Waals surface area contributed by atoms with E-state index < -0.39 is 0 Å². The van der Waals surface area contributed by atoms with Crippen LogP contribution in [0, 0.1) is 0 Å². The number of hydrogen-bond donors (Lipinski definition) is 2. The third-order valence-corrected chi connectivity index (χ3v) is 3.17. The van der Waals surface area contributed by atoms with Crippen LogP contribution < -0.4 is 10.6 Å². The maximum atomic E-state index is 5.70. The van der Waals surface area contributed by atoms with Crippen molar-refractivity contribution in [2.45, 2.75) is 44.8 Å². The second kappa shape index (κ2) is 9.83. The molecular weight excluding hydrogens is 216 g/mol. The molecule has 2 N–H and O–H groups in total. The van der Waals surface area contributed by atoms with Gasteiger partial charge in [0, 0.05) is 32.8 Å². The molecule has 0 aliphatic carbocycles. The van der Waals surface area contributed by atoms with E-state index in [4.69, 9.17) is 9.47 Å². The molecule has 1 heterocycles. The molecule has 0 aromatic rings. The Morgan fingerprint density at radius 2 is 2.24 bits per heavy atom. The van der Waals surface area contributed by atoms with E-state index in [-0.39, 0.29) is 0 Å². The molecule has 0 radical (unpaired) electrons. The molecule has 0 saturated carbocycles. The number of ether oxygens (including phenoxy) is 2. The minimum atomic E-state index is 0.491. The second-order valence-corrected chi connectivity index (χ2v) is 4.83. The zero-order chi connectivity index (χ0) is 12.3. The van der Waals surface area contributed by atoms with Gasteiger partial charge in [0.2, 0.25) is 0 Å². The molecule has 102 valence electrons. The summed E-state index contributed by atoms with van der Waals surface area (Å²) in [5.41, 5.74) is 0. The van der Waals surface area contributed by atoms with Gasteiger partial charge in [-0.2, -0.15) is 0 Å². The fourth-order valence-electron chi connectivity index (χ4n) is 2.09. The highest BCUT2D eigenvalue weighted by atomic mass is 16.5. The van der Waals surface area contributed by atoms with Crippen LogP contribution in [0.15, 0.2) is 0 Å². The van der Waals surface area contributed by atoms with Gasteiger partial charge in [-0.3, -0.25) is 0 Å². The Labute approximate surface area is 105 Å². The van der Waals surface area contributed by atoms with Gasteiger partial charge in [-0.1, -0.05) is 0 Å². The normalized spacial score (nSPS) is 22.6. The van der Waals surface area contributed by atoms with E-state index in [9.17, 15) is 0 Å². The molecule has 0 amide bonds. The Morgan fingerprint density at radius 1 is 1.35 bits per heavy atom. The molecule has 1 aliphatic rings. The molecule has 0 bridgehead atoms. The monoisotopic (exact) mass is 244 g/mol. The van der Waals surface area contributed by atoms with Crippen molar-refractivity contribution in [3.63, 3.8) is 0 Å². The van der Waals surface area contributed by atoms with Crippen molar-refractivity contribution in [3.8, 4) is 0 Å². The highest BCUT2D eigenvalue weighted by Crippen LogP contribution is 2.14. The summed E-state index contributed by atoms with van der Waals surface area (Å²) in [5.74, 6) is 0. The number of hydrogen-bond acceptors (Lipinski definition) is 4. The lowest BCUT2D eigenvalue weighted by Crippen LogP contribution is -2.39. The first kappa shape index (κ1) is 14.9. The lowest BCUT2D eigenvalue weighted by Gasteiger charge is -2.23. The van der Waals surface area contributed by atoms with Gasteiger partial charge in [0.25, 0.3) is 0 Å². The van der Waals surface area contributed by atoms with Gasteiger partial charge >= 0.3 is 0 Å². The molecule has 1 saturated heterocycles. The van der Waals surface area contributed by atoms with Gasteiger partial charge in [0.1, 0.15) is 0 Å². The number of rotatable bonds is 9. The van der Waals surface area contributed by atoms with E-state index in [1.54, 1.807) is 7.11 Å². The molecule has 4 nitrogen and oxygen atoms in total.